The highest BCUT2D eigenvalue weighted by Crippen LogP contribution is 2.12. The number of nitrogens with zero attached hydrogens (tertiary/aromatic N) is 2. The fraction of sp³-hybridized carbons (Fsp3) is 0.500. The van der Waals surface area contributed by atoms with E-state index in [4.69, 9.17) is 0 Å². The monoisotopic (exact) mass is 136 g/mol. The molecule has 1 aliphatic heterocycles. The first kappa shape index (κ1) is 7.19. The standard InChI is InChI=1S/C8H12N2/c1-7-4-9-5-8(2,3)6-10-7/h4-6H,1-3H3. The van der Waals surface area contributed by atoms with Gasteiger partial charge in [-0.05, 0) is 20.8 Å². The second-order valence-corrected chi connectivity index (χ2v) is 3.13. The van der Waals surface area contributed by atoms with E-state index in [1.165, 1.54) is 0 Å². The van der Waals surface area contributed by atoms with Gasteiger partial charge in [-0.25, -0.2) is 0 Å². The van der Waals surface area contributed by atoms with E-state index in [0.29, 0.717) is 0 Å². The number of rotatable bonds is 0. The van der Waals surface area contributed by atoms with Gasteiger partial charge in [0.05, 0.1) is 5.70 Å². The van der Waals surface area contributed by atoms with Crippen molar-refractivity contribution in [3.63, 3.8) is 0 Å². The van der Waals surface area contributed by atoms with Crippen molar-refractivity contribution in [2.75, 3.05) is 0 Å². The third-order valence-electron chi connectivity index (χ3n) is 1.27. The molecule has 0 aromatic rings. The van der Waals surface area contributed by atoms with Crippen LogP contribution in [-0.4, -0.2) is 12.4 Å². The predicted molar refractivity (Wildman–Crippen MR) is 44.5 cm³/mol. The second kappa shape index (κ2) is 2.37. The normalized spacial score (nSPS) is 22.1. The van der Waals surface area contributed by atoms with E-state index in [2.05, 4.69) is 23.8 Å². The lowest BCUT2D eigenvalue weighted by molar-refractivity contribution is 0.766. The molecular formula is C8H12N2. The number of hydrogen-bond donors (Lipinski definition) is 0. The summed E-state index contributed by atoms with van der Waals surface area (Å²) in [5.41, 5.74) is 0.968. The minimum Gasteiger partial charge on any atom is -0.266 e. The maximum Gasteiger partial charge on any atom is 0.0551 e. The summed E-state index contributed by atoms with van der Waals surface area (Å²) in [6.45, 7) is 6.09. The lowest BCUT2D eigenvalue weighted by Crippen LogP contribution is -2.13. The Labute approximate surface area is 61.4 Å². The van der Waals surface area contributed by atoms with Gasteiger partial charge in [-0.1, -0.05) is 0 Å². The van der Waals surface area contributed by atoms with Crippen molar-refractivity contribution >= 4 is 12.4 Å². The van der Waals surface area contributed by atoms with Crippen LogP contribution in [0.25, 0.3) is 0 Å². The Morgan fingerprint density at radius 2 is 2.00 bits per heavy atom. The molecule has 0 spiro atoms. The quantitative estimate of drug-likeness (QED) is 0.487. The molecule has 0 bridgehead atoms. The zero-order valence-electron chi connectivity index (χ0n) is 6.63. The third kappa shape index (κ3) is 1.79. The first-order valence-corrected chi connectivity index (χ1v) is 3.36. The van der Waals surface area contributed by atoms with Crippen LogP contribution in [-0.2, 0) is 0 Å². The fourth-order valence-corrected chi connectivity index (χ4v) is 0.672. The van der Waals surface area contributed by atoms with Crippen molar-refractivity contribution in [3.8, 4) is 0 Å². The van der Waals surface area contributed by atoms with Crippen molar-refractivity contribution in [2.24, 2.45) is 15.4 Å². The molecule has 54 valence electrons. The molecule has 2 heteroatoms. The van der Waals surface area contributed by atoms with Gasteiger partial charge in [0, 0.05) is 24.0 Å². The summed E-state index contributed by atoms with van der Waals surface area (Å²) < 4.78 is 0. The molecule has 1 heterocycles. The molecule has 1 aliphatic rings. The van der Waals surface area contributed by atoms with Crippen molar-refractivity contribution in [1.82, 2.24) is 0 Å². The summed E-state index contributed by atoms with van der Waals surface area (Å²) in [5.74, 6) is 0. The predicted octanol–water partition coefficient (Wildman–Crippen LogP) is 2.03. The number of allylic oxidation sites excluding steroid dienone is 1. The Bertz CT molecular complexity index is 209. The zero-order chi connectivity index (χ0) is 7.61. The van der Waals surface area contributed by atoms with Crippen LogP contribution in [0.15, 0.2) is 21.9 Å². The maximum absolute atomic E-state index is 4.19. The third-order valence-corrected chi connectivity index (χ3v) is 1.27. The maximum atomic E-state index is 4.19. The van der Waals surface area contributed by atoms with Gasteiger partial charge in [0.2, 0.25) is 0 Å². The number of hydrogen-bond acceptors (Lipinski definition) is 2. The molecule has 0 aromatic carbocycles. The molecular weight excluding hydrogens is 124 g/mol. The van der Waals surface area contributed by atoms with Crippen LogP contribution in [0.4, 0.5) is 0 Å². The van der Waals surface area contributed by atoms with Gasteiger partial charge in [0.1, 0.15) is 0 Å². The Hall–Kier alpha value is -0.920. The summed E-state index contributed by atoms with van der Waals surface area (Å²) in [6.07, 6.45) is 5.58. The van der Waals surface area contributed by atoms with Crippen molar-refractivity contribution in [1.29, 1.82) is 0 Å². The Balaban J connectivity index is 2.88. The first-order valence-electron chi connectivity index (χ1n) is 3.36. The lowest BCUT2D eigenvalue weighted by atomic mass is 9.98. The van der Waals surface area contributed by atoms with Gasteiger partial charge in [-0.15, -0.1) is 0 Å². The smallest absolute Gasteiger partial charge is 0.0551 e. The first-order chi connectivity index (χ1) is 4.60. The minimum atomic E-state index is 0.00819. The summed E-state index contributed by atoms with van der Waals surface area (Å²) >= 11 is 0. The highest BCUT2D eigenvalue weighted by atomic mass is 14.8. The average Bonchev–Trinajstić information content (AvgIpc) is 1.94. The van der Waals surface area contributed by atoms with Crippen LogP contribution in [0, 0.1) is 5.41 Å². The van der Waals surface area contributed by atoms with Gasteiger partial charge in [-0.2, -0.15) is 0 Å². The topological polar surface area (TPSA) is 24.7 Å². The largest absolute Gasteiger partial charge is 0.266 e. The van der Waals surface area contributed by atoms with Crippen molar-refractivity contribution < 1.29 is 0 Å². The molecule has 0 saturated heterocycles. The van der Waals surface area contributed by atoms with E-state index in [9.17, 15) is 0 Å². The highest BCUT2D eigenvalue weighted by Gasteiger charge is 2.11. The van der Waals surface area contributed by atoms with Crippen LogP contribution in [0.5, 0.6) is 0 Å². The van der Waals surface area contributed by atoms with Crippen LogP contribution >= 0.6 is 0 Å². The molecule has 0 saturated carbocycles. The van der Waals surface area contributed by atoms with Gasteiger partial charge >= 0.3 is 0 Å². The van der Waals surface area contributed by atoms with Crippen molar-refractivity contribution in [2.45, 2.75) is 20.8 Å². The summed E-state index contributed by atoms with van der Waals surface area (Å²) in [7, 11) is 0. The van der Waals surface area contributed by atoms with Crippen LogP contribution in [0.1, 0.15) is 20.8 Å². The molecule has 0 aromatic heterocycles. The highest BCUT2D eigenvalue weighted by molar-refractivity contribution is 5.89. The van der Waals surface area contributed by atoms with E-state index in [0.717, 1.165) is 5.70 Å². The van der Waals surface area contributed by atoms with Crippen LogP contribution < -0.4 is 0 Å². The van der Waals surface area contributed by atoms with Crippen molar-refractivity contribution in [3.05, 3.63) is 11.9 Å². The molecule has 0 fully saturated rings. The van der Waals surface area contributed by atoms with Gasteiger partial charge in [-0.3, -0.25) is 9.98 Å². The van der Waals surface area contributed by atoms with E-state index in [1.807, 2.05) is 19.4 Å². The van der Waals surface area contributed by atoms with Gasteiger partial charge in [0.15, 0.2) is 0 Å². The molecule has 0 atom stereocenters. The van der Waals surface area contributed by atoms with E-state index in [1.54, 1.807) is 6.20 Å². The minimum absolute atomic E-state index is 0.00819. The van der Waals surface area contributed by atoms with Crippen LogP contribution in [0.3, 0.4) is 0 Å². The second-order valence-electron chi connectivity index (χ2n) is 3.13. The molecule has 2 nitrogen and oxygen atoms in total. The Morgan fingerprint density at radius 1 is 1.30 bits per heavy atom. The molecule has 1 rings (SSSR count). The molecule has 0 radical (unpaired) electrons. The van der Waals surface area contributed by atoms with Gasteiger partial charge in [0.25, 0.3) is 0 Å². The summed E-state index contributed by atoms with van der Waals surface area (Å²) in [4.78, 5) is 8.28. The van der Waals surface area contributed by atoms with Gasteiger partial charge < -0.3 is 0 Å². The molecule has 0 N–H and O–H groups in total. The molecule has 0 unspecified atom stereocenters. The van der Waals surface area contributed by atoms with E-state index in [-0.39, 0.29) is 5.41 Å². The SMILES string of the molecule is CC1=CN=CC(C)(C)C=N1. The van der Waals surface area contributed by atoms with Crippen LogP contribution in [0.2, 0.25) is 0 Å². The number of aliphatic imine (C=N–C) groups is 2. The average molecular weight is 136 g/mol. The lowest BCUT2D eigenvalue weighted by Gasteiger charge is -2.09. The molecule has 10 heavy (non-hydrogen) atoms. The van der Waals surface area contributed by atoms with E-state index >= 15 is 0 Å². The Kier molecular flexibility index (Phi) is 1.70. The fourth-order valence-electron chi connectivity index (χ4n) is 0.672. The van der Waals surface area contributed by atoms with E-state index < -0.39 is 0 Å². The Morgan fingerprint density at radius 3 is 2.70 bits per heavy atom. The summed E-state index contributed by atoms with van der Waals surface area (Å²) in [6, 6.07) is 0. The molecule has 0 aliphatic carbocycles. The zero-order valence-corrected chi connectivity index (χ0v) is 6.63. The summed E-state index contributed by atoms with van der Waals surface area (Å²) in [5, 5.41) is 0. The molecule has 0 amide bonds.